The van der Waals surface area contributed by atoms with Crippen LogP contribution in [0.25, 0.3) is 5.76 Å². The summed E-state index contributed by atoms with van der Waals surface area (Å²) in [5.74, 6) is -0.182. The summed E-state index contributed by atoms with van der Waals surface area (Å²) in [6, 6.07) is 13.7. The molecule has 1 atom stereocenters. The lowest BCUT2D eigenvalue weighted by Crippen LogP contribution is -2.31. The van der Waals surface area contributed by atoms with E-state index in [1.807, 2.05) is 41.1 Å². The van der Waals surface area contributed by atoms with Crippen molar-refractivity contribution in [2.75, 3.05) is 19.8 Å². The Balaban J connectivity index is 1.64. The fourth-order valence-electron chi connectivity index (χ4n) is 4.81. The molecular formula is C32H39N3O5. The van der Waals surface area contributed by atoms with Gasteiger partial charge < -0.3 is 24.0 Å². The minimum absolute atomic E-state index is 0.0787. The Hall–Kier alpha value is -4.07. The van der Waals surface area contributed by atoms with E-state index in [9.17, 15) is 14.7 Å². The number of likely N-dealkylation sites (tertiary alicyclic amines) is 1. The van der Waals surface area contributed by atoms with Crippen LogP contribution in [0.3, 0.4) is 0 Å². The molecule has 0 bridgehead atoms. The second kappa shape index (κ2) is 14.4. The number of amides is 1. The predicted octanol–water partition coefficient (Wildman–Crippen LogP) is 6.14. The quantitative estimate of drug-likeness (QED) is 0.107. The molecule has 1 unspecified atom stereocenters. The molecule has 0 saturated carbocycles. The van der Waals surface area contributed by atoms with Crippen molar-refractivity contribution in [3.63, 3.8) is 0 Å². The Morgan fingerprint density at radius 2 is 1.65 bits per heavy atom. The van der Waals surface area contributed by atoms with E-state index in [1.54, 1.807) is 35.6 Å². The molecule has 1 amide bonds. The average molecular weight is 546 g/mol. The highest BCUT2D eigenvalue weighted by atomic mass is 16.5. The SMILES string of the molecule is CCCCCOc1ccc(C2/C(=C(\O)c3cccc(OCCCC)c3)C(=O)C(=O)N2CCCn2ccnc2)cc1. The monoisotopic (exact) mass is 545 g/mol. The second-order valence-corrected chi connectivity index (χ2v) is 10.0. The van der Waals surface area contributed by atoms with Gasteiger partial charge in [-0.3, -0.25) is 9.59 Å². The van der Waals surface area contributed by atoms with Gasteiger partial charge >= 0.3 is 0 Å². The molecule has 1 fully saturated rings. The van der Waals surface area contributed by atoms with E-state index >= 15 is 0 Å². The number of nitrogens with zero attached hydrogens (tertiary/aromatic N) is 3. The fraction of sp³-hybridized carbons (Fsp3) is 0.406. The Kier molecular flexibility index (Phi) is 10.4. The summed E-state index contributed by atoms with van der Waals surface area (Å²) < 4.78 is 13.6. The van der Waals surface area contributed by atoms with Gasteiger partial charge in [-0.15, -0.1) is 0 Å². The van der Waals surface area contributed by atoms with E-state index in [0.717, 1.165) is 43.4 Å². The van der Waals surface area contributed by atoms with Gasteiger partial charge in [0.1, 0.15) is 17.3 Å². The molecule has 1 saturated heterocycles. The number of hydrogen-bond acceptors (Lipinski definition) is 6. The summed E-state index contributed by atoms with van der Waals surface area (Å²) in [4.78, 5) is 32.3. The number of hydrogen-bond donors (Lipinski definition) is 1. The van der Waals surface area contributed by atoms with Crippen LogP contribution in [0.2, 0.25) is 0 Å². The van der Waals surface area contributed by atoms with Crippen molar-refractivity contribution in [2.24, 2.45) is 0 Å². The van der Waals surface area contributed by atoms with Crippen molar-refractivity contribution in [2.45, 2.75) is 65.0 Å². The number of carbonyl (C=O) groups is 2. The molecule has 8 nitrogen and oxygen atoms in total. The molecule has 0 aliphatic carbocycles. The standard InChI is InChI=1S/C32H39N3O5/c1-3-5-7-21-39-26-14-12-24(13-15-26)29-28(30(36)25-10-8-11-27(22-25)40-20-6-4-2)31(37)32(38)35(29)18-9-17-34-19-16-33-23-34/h8,10-16,19,22-23,29,36H,3-7,9,17-18,20-21H2,1-2H3/b30-28+. The average Bonchev–Trinajstić information content (AvgIpc) is 3.58. The van der Waals surface area contributed by atoms with Crippen molar-refractivity contribution in [1.82, 2.24) is 14.5 Å². The molecule has 212 valence electrons. The lowest BCUT2D eigenvalue weighted by Gasteiger charge is -2.25. The zero-order chi connectivity index (χ0) is 28.3. The Bertz CT molecular complexity index is 1280. The summed E-state index contributed by atoms with van der Waals surface area (Å²) in [7, 11) is 0. The highest BCUT2D eigenvalue weighted by Crippen LogP contribution is 2.40. The molecule has 1 N–H and O–H groups in total. The first kappa shape index (κ1) is 28.9. The summed E-state index contributed by atoms with van der Waals surface area (Å²) in [6.45, 7) is 6.43. The molecule has 3 aromatic rings. The van der Waals surface area contributed by atoms with Gasteiger partial charge in [-0.1, -0.05) is 57.4 Å². The highest BCUT2D eigenvalue weighted by Gasteiger charge is 2.45. The molecule has 2 heterocycles. The van der Waals surface area contributed by atoms with E-state index in [0.29, 0.717) is 44.0 Å². The van der Waals surface area contributed by atoms with Crippen molar-refractivity contribution in [3.05, 3.63) is 84.0 Å². The highest BCUT2D eigenvalue weighted by molar-refractivity contribution is 6.46. The van der Waals surface area contributed by atoms with Crippen molar-refractivity contribution in [3.8, 4) is 11.5 Å². The molecule has 1 aliphatic rings. The van der Waals surface area contributed by atoms with Gasteiger partial charge in [0.2, 0.25) is 0 Å². The lowest BCUT2D eigenvalue weighted by molar-refractivity contribution is -0.139. The third-order valence-corrected chi connectivity index (χ3v) is 7.00. The summed E-state index contributed by atoms with van der Waals surface area (Å²) >= 11 is 0. The van der Waals surface area contributed by atoms with Gasteiger partial charge in [0.05, 0.1) is 31.2 Å². The number of unbranched alkanes of at least 4 members (excludes halogenated alkanes) is 3. The van der Waals surface area contributed by atoms with E-state index in [4.69, 9.17) is 9.47 Å². The molecule has 40 heavy (non-hydrogen) atoms. The van der Waals surface area contributed by atoms with Crippen LogP contribution >= 0.6 is 0 Å². The molecule has 1 aromatic heterocycles. The fourth-order valence-corrected chi connectivity index (χ4v) is 4.81. The maximum Gasteiger partial charge on any atom is 0.295 e. The number of ketones is 1. The minimum Gasteiger partial charge on any atom is -0.507 e. The van der Waals surface area contributed by atoms with Crippen LogP contribution in [0, 0.1) is 0 Å². The second-order valence-electron chi connectivity index (χ2n) is 10.0. The van der Waals surface area contributed by atoms with Crippen molar-refractivity contribution < 1.29 is 24.2 Å². The number of Topliss-reactive ketones (excluding diaryl/α,β-unsaturated/α-hetero) is 1. The maximum absolute atomic E-state index is 13.4. The first-order chi connectivity index (χ1) is 19.5. The molecule has 0 spiro atoms. The predicted molar refractivity (Wildman–Crippen MR) is 154 cm³/mol. The van der Waals surface area contributed by atoms with Gasteiger partial charge in [-0.05, 0) is 49.1 Å². The van der Waals surface area contributed by atoms with E-state index in [1.165, 1.54) is 0 Å². The Morgan fingerprint density at radius 3 is 2.38 bits per heavy atom. The summed E-state index contributed by atoms with van der Waals surface area (Å²) in [5.41, 5.74) is 1.25. The van der Waals surface area contributed by atoms with Crippen LogP contribution in [-0.4, -0.2) is 51.0 Å². The van der Waals surface area contributed by atoms with Gasteiger partial charge in [-0.2, -0.15) is 0 Å². The van der Waals surface area contributed by atoms with Crippen LogP contribution in [0.5, 0.6) is 11.5 Å². The van der Waals surface area contributed by atoms with Gasteiger partial charge in [-0.25, -0.2) is 4.98 Å². The molecule has 8 heteroatoms. The van der Waals surface area contributed by atoms with Crippen LogP contribution in [0.1, 0.15) is 69.5 Å². The first-order valence-corrected chi connectivity index (χ1v) is 14.2. The number of ether oxygens (including phenoxy) is 2. The largest absolute Gasteiger partial charge is 0.507 e. The normalized spacial score (nSPS) is 16.4. The smallest absolute Gasteiger partial charge is 0.295 e. The molecule has 1 aliphatic heterocycles. The van der Waals surface area contributed by atoms with Crippen LogP contribution in [0.15, 0.2) is 72.8 Å². The molecular weight excluding hydrogens is 506 g/mol. The minimum atomic E-state index is -0.721. The van der Waals surface area contributed by atoms with E-state index in [2.05, 4.69) is 18.8 Å². The van der Waals surface area contributed by atoms with Gasteiger partial charge in [0.25, 0.3) is 11.7 Å². The number of aliphatic hydroxyl groups is 1. The van der Waals surface area contributed by atoms with Crippen molar-refractivity contribution in [1.29, 1.82) is 0 Å². The van der Waals surface area contributed by atoms with Crippen LogP contribution in [-0.2, 0) is 16.1 Å². The summed E-state index contributed by atoms with van der Waals surface area (Å²) in [6.07, 6.45) is 11.0. The third-order valence-electron chi connectivity index (χ3n) is 7.00. The number of imidazole rings is 1. The van der Waals surface area contributed by atoms with E-state index < -0.39 is 17.7 Å². The molecule has 4 rings (SSSR count). The summed E-state index contributed by atoms with van der Waals surface area (Å²) in [5, 5.41) is 11.4. The first-order valence-electron chi connectivity index (χ1n) is 14.2. The van der Waals surface area contributed by atoms with Crippen molar-refractivity contribution >= 4 is 17.4 Å². The number of rotatable bonds is 15. The molecule has 0 radical (unpaired) electrons. The number of benzene rings is 2. The zero-order valence-electron chi connectivity index (χ0n) is 23.4. The van der Waals surface area contributed by atoms with Gasteiger partial charge in [0.15, 0.2) is 0 Å². The molecule has 2 aromatic carbocycles. The number of aromatic nitrogens is 2. The maximum atomic E-state index is 13.4. The Morgan fingerprint density at radius 1 is 0.900 bits per heavy atom. The number of carbonyl (C=O) groups excluding carboxylic acids is 2. The van der Waals surface area contributed by atoms with Crippen LogP contribution < -0.4 is 9.47 Å². The topological polar surface area (TPSA) is 93.9 Å². The zero-order valence-corrected chi connectivity index (χ0v) is 23.4. The third kappa shape index (κ3) is 7.11. The number of aliphatic hydroxyl groups excluding tert-OH is 1. The van der Waals surface area contributed by atoms with Crippen LogP contribution in [0.4, 0.5) is 0 Å². The number of aryl methyl sites for hydroxylation is 1. The lowest BCUT2D eigenvalue weighted by atomic mass is 9.95. The Labute approximate surface area is 236 Å². The van der Waals surface area contributed by atoms with Gasteiger partial charge in [0, 0.05) is 31.0 Å². The van der Waals surface area contributed by atoms with E-state index in [-0.39, 0.29) is 11.3 Å².